The SMILES string of the molecule is C=CN=C(C#N)N=CCc1coc(-c2ccc(F)cc2)n1. The van der Waals surface area contributed by atoms with Crippen LogP contribution in [-0.2, 0) is 6.42 Å². The first kappa shape index (κ1) is 14.3. The van der Waals surface area contributed by atoms with Crippen LogP contribution >= 0.6 is 0 Å². The molecule has 5 nitrogen and oxygen atoms in total. The van der Waals surface area contributed by atoms with Crippen molar-refractivity contribution in [2.45, 2.75) is 6.42 Å². The van der Waals surface area contributed by atoms with Gasteiger partial charge >= 0.3 is 0 Å². The minimum Gasteiger partial charge on any atom is -0.444 e. The molecule has 0 saturated carbocycles. The largest absolute Gasteiger partial charge is 0.444 e. The fourth-order valence-corrected chi connectivity index (χ4v) is 1.53. The Balaban J connectivity index is 2.06. The number of nitrogens with zero attached hydrogens (tertiary/aromatic N) is 4. The van der Waals surface area contributed by atoms with E-state index in [1.807, 2.05) is 6.07 Å². The van der Waals surface area contributed by atoms with Crippen molar-refractivity contribution in [3.63, 3.8) is 0 Å². The standard InChI is InChI=1S/C15H11FN4O/c1-2-18-14(9-17)19-8-7-13-10-21-15(20-13)11-3-5-12(16)6-4-11/h2-6,8,10H,1,7H2. The van der Waals surface area contributed by atoms with E-state index in [4.69, 9.17) is 9.68 Å². The maximum absolute atomic E-state index is 12.8. The van der Waals surface area contributed by atoms with Gasteiger partial charge in [0, 0.05) is 24.4 Å². The van der Waals surface area contributed by atoms with E-state index in [1.54, 1.807) is 12.1 Å². The molecule has 0 amide bonds. The van der Waals surface area contributed by atoms with Crippen LogP contribution in [0.4, 0.5) is 4.39 Å². The molecule has 21 heavy (non-hydrogen) atoms. The van der Waals surface area contributed by atoms with Crippen molar-refractivity contribution < 1.29 is 8.81 Å². The summed E-state index contributed by atoms with van der Waals surface area (Å²) in [4.78, 5) is 11.8. The lowest BCUT2D eigenvalue weighted by Crippen LogP contribution is -1.92. The molecule has 0 N–H and O–H groups in total. The molecule has 6 heteroatoms. The quantitative estimate of drug-likeness (QED) is 0.638. The van der Waals surface area contributed by atoms with Gasteiger partial charge in [-0.2, -0.15) is 5.26 Å². The Bertz CT molecular complexity index is 723. The van der Waals surface area contributed by atoms with E-state index in [2.05, 4.69) is 21.5 Å². The molecule has 1 heterocycles. The number of hydrogen-bond donors (Lipinski definition) is 0. The fourth-order valence-electron chi connectivity index (χ4n) is 1.53. The van der Waals surface area contributed by atoms with Crippen molar-refractivity contribution in [1.29, 1.82) is 5.26 Å². The maximum Gasteiger partial charge on any atom is 0.231 e. The molecule has 0 bridgehead atoms. The zero-order chi connectivity index (χ0) is 15.1. The molecule has 2 rings (SSSR count). The highest BCUT2D eigenvalue weighted by Gasteiger charge is 2.06. The first-order valence-electron chi connectivity index (χ1n) is 6.04. The number of hydrogen-bond acceptors (Lipinski definition) is 4. The molecule has 2 aromatic rings. The van der Waals surface area contributed by atoms with Gasteiger partial charge in [0.15, 0.2) is 0 Å². The summed E-state index contributed by atoms with van der Waals surface area (Å²) in [6.07, 6.45) is 4.64. The Hall–Kier alpha value is -3.07. The third kappa shape index (κ3) is 3.94. The molecule has 0 fully saturated rings. The molecular weight excluding hydrogens is 271 g/mol. The minimum atomic E-state index is -0.316. The number of aromatic nitrogens is 1. The van der Waals surface area contributed by atoms with Gasteiger partial charge in [-0.1, -0.05) is 6.58 Å². The summed E-state index contributed by atoms with van der Waals surface area (Å²) in [5.41, 5.74) is 1.33. The summed E-state index contributed by atoms with van der Waals surface area (Å²) in [5, 5.41) is 8.72. The molecule has 1 aromatic carbocycles. The van der Waals surface area contributed by atoms with Gasteiger partial charge in [0.2, 0.25) is 11.7 Å². The van der Waals surface area contributed by atoms with Gasteiger partial charge in [0.25, 0.3) is 0 Å². The van der Waals surface area contributed by atoms with Gasteiger partial charge in [0.05, 0.1) is 5.69 Å². The average molecular weight is 282 g/mol. The summed E-state index contributed by atoms with van der Waals surface area (Å²) in [5.74, 6) is 0.106. The molecule has 0 atom stereocenters. The second-order valence-corrected chi connectivity index (χ2v) is 3.91. The molecule has 0 unspecified atom stereocenters. The number of nitriles is 1. The monoisotopic (exact) mass is 282 g/mol. The number of aliphatic imine (C=N–C) groups is 2. The lowest BCUT2D eigenvalue weighted by atomic mass is 10.2. The lowest BCUT2D eigenvalue weighted by molar-refractivity contribution is 0.572. The smallest absolute Gasteiger partial charge is 0.231 e. The van der Waals surface area contributed by atoms with E-state index in [-0.39, 0.29) is 11.7 Å². The average Bonchev–Trinajstić information content (AvgIpc) is 2.96. The van der Waals surface area contributed by atoms with Crippen molar-refractivity contribution in [2.24, 2.45) is 9.98 Å². The summed E-state index contributed by atoms with van der Waals surface area (Å²) in [7, 11) is 0. The highest BCUT2D eigenvalue weighted by atomic mass is 19.1. The summed E-state index contributed by atoms with van der Waals surface area (Å²) < 4.78 is 18.1. The Morgan fingerprint density at radius 1 is 1.43 bits per heavy atom. The molecule has 0 spiro atoms. The van der Waals surface area contributed by atoms with Crippen molar-refractivity contribution in [2.75, 3.05) is 0 Å². The van der Waals surface area contributed by atoms with Gasteiger partial charge in [0.1, 0.15) is 18.1 Å². The molecule has 0 aliphatic heterocycles. The predicted octanol–water partition coefficient (Wildman–Crippen LogP) is 3.16. The molecule has 1 aromatic heterocycles. The highest BCUT2D eigenvalue weighted by Crippen LogP contribution is 2.18. The van der Waals surface area contributed by atoms with E-state index >= 15 is 0 Å². The normalized spacial score (nSPS) is 11.5. The Morgan fingerprint density at radius 2 is 2.19 bits per heavy atom. The number of benzene rings is 1. The molecule has 104 valence electrons. The summed E-state index contributed by atoms with van der Waals surface area (Å²) in [6.45, 7) is 3.39. The van der Waals surface area contributed by atoms with E-state index in [0.29, 0.717) is 23.6 Å². The number of amidine groups is 1. The van der Waals surface area contributed by atoms with Crippen LogP contribution in [0.15, 0.2) is 57.7 Å². The Morgan fingerprint density at radius 3 is 2.86 bits per heavy atom. The summed E-state index contributed by atoms with van der Waals surface area (Å²) >= 11 is 0. The van der Waals surface area contributed by atoms with Crippen LogP contribution in [0.25, 0.3) is 11.5 Å². The molecule has 0 saturated heterocycles. The number of oxazole rings is 1. The summed E-state index contributed by atoms with van der Waals surface area (Å²) in [6, 6.07) is 7.68. The highest BCUT2D eigenvalue weighted by molar-refractivity contribution is 6.01. The molecule has 0 radical (unpaired) electrons. The van der Waals surface area contributed by atoms with Crippen molar-refractivity contribution in [3.05, 3.63) is 54.8 Å². The van der Waals surface area contributed by atoms with Crippen LogP contribution in [0, 0.1) is 17.1 Å². The Kier molecular flexibility index (Phi) is 4.72. The topological polar surface area (TPSA) is 74.5 Å². The first-order chi connectivity index (χ1) is 10.2. The Labute approximate surface area is 120 Å². The fraction of sp³-hybridized carbons (Fsp3) is 0.0667. The van der Waals surface area contributed by atoms with Crippen LogP contribution in [-0.4, -0.2) is 17.0 Å². The van der Waals surface area contributed by atoms with Crippen molar-refractivity contribution in [3.8, 4) is 17.5 Å². The zero-order valence-corrected chi connectivity index (χ0v) is 11.0. The van der Waals surface area contributed by atoms with E-state index in [0.717, 1.165) is 0 Å². The molecule has 0 aliphatic rings. The third-order valence-electron chi connectivity index (χ3n) is 2.47. The number of rotatable bonds is 4. The van der Waals surface area contributed by atoms with E-state index < -0.39 is 0 Å². The third-order valence-corrected chi connectivity index (χ3v) is 2.47. The zero-order valence-electron chi connectivity index (χ0n) is 11.0. The molecular formula is C15H11FN4O. The van der Waals surface area contributed by atoms with Crippen molar-refractivity contribution >= 4 is 12.1 Å². The van der Waals surface area contributed by atoms with Gasteiger partial charge in [-0.15, -0.1) is 0 Å². The molecule has 0 aliphatic carbocycles. The van der Waals surface area contributed by atoms with E-state index in [1.165, 1.54) is 30.8 Å². The van der Waals surface area contributed by atoms with Crippen molar-refractivity contribution in [1.82, 2.24) is 4.98 Å². The second kappa shape index (κ2) is 6.91. The van der Waals surface area contributed by atoms with Crippen LogP contribution in [0.3, 0.4) is 0 Å². The maximum atomic E-state index is 12.8. The van der Waals surface area contributed by atoms with Gasteiger partial charge in [-0.25, -0.2) is 19.4 Å². The predicted molar refractivity (Wildman–Crippen MR) is 77.3 cm³/mol. The van der Waals surface area contributed by atoms with E-state index in [9.17, 15) is 4.39 Å². The van der Waals surface area contributed by atoms with Crippen LogP contribution in [0.1, 0.15) is 5.69 Å². The minimum absolute atomic E-state index is 0.0206. The van der Waals surface area contributed by atoms with Crippen LogP contribution in [0.2, 0.25) is 0 Å². The number of halogens is 1. The second-order valence-electron chi connectivity index (χ2n) is 3.91. The lowest BCUT2D eigenvalue weighted by Gasteiger charge is -1.93. The van der Waals surface area contributed by atoms with Gasteiger partial charge in [-0.3, -0.25) is 0 Å². The van der Waals surface area contributed by atoms with Crippen LogP contribution < -0.4 is 0 Å². The van der Waals surface area contributed by atoms with Gasteiger partial charge < -0.3 is 4.42 Å². The first-order valence-corrected chi connectivity index (χ1v) is 6.04. The van der Waals surface area contributed by atoms with Gasteiger partial charge in [-0.05, 0) is 24.3 Å². The van der Waals surface area contributed by atoms with Crippen LogP contribution in [0.5, 0.6) is 0 Å².